The number of esters is 1. The normalized spacial score (nSPS) is 15.6. The van der Waals surface area contributed by atoms with Crippen LogP contribution >= 0.6 is 11.6 Å². The van der Waals surface area contributed by atoms with Crippen LogP contribution in [0.1, 0.15) is 22.3 Å². The van der Waals surface area contributed by atoms with Gasteiger partial charge in [0.05, 0.1) is 23.0 Å². The highest BCUT2D eigenvalue weighted by molar-refractivity contribution is 6.33. The van der Waals surface area contributed by atoms with Crippen LogP contribution in [0.5, 0.6) is 0 Å². The third-order valence-electron chi connectivity index (χ3n) is 4.49. The van der Waals surface area contributed by atoms with Crippen molar-refractivity contribution >= 4 is 41.0 Å². The fourth-order valence-corrected chi connectivity index (χ4v) is 3.11. The summed E-state index contributed by atoms with van der Waals surface area (Å²) in [7, 11) is 0. The molecule has 1 fully saturated rings. The number of hydrazine groups is 1. The molecule has 3 amide bonds. The number of amides is 3. The van der Waals surface area contributed by atoms with Gasteiger partial charge in [-0.25, -0.2) is 0 Å². The van der Waals surface area contributed by atoms with E-state index in [1.165, 1.54) is 6.07 Å². The first kappa shape index (κ1) is 21.3. The molecule has 8 nitrogen and oxygen atoms in total. The van der Waals surface area contributed by atoms with Crippen molar-refractivity contribution < 1.29 is 23.9 Å². The third-order valence-corrected chi connectivity index (χ3v) is 4.82. The molecular formula is C21H20ClN3O5. The number of carbonyl (C=O) groups is 4. The largest absolute Gasteiger partial charge is 0.455 e. The van der Waals surface area contributed by atoms with E-state index in [-0.39, 0.29) is 23.6 Å². The Balaban J connectivity index is 1.48. The van der Waals surface area contributed by atoms with Gasteiger partial charge in [0, 0.05) is 12.1 Å². The van der Waals surface area contributed by atoms with Gasteiger partial charge in [0.15, 0.2) is 6.61 Å². The van der Waals surface area contributed by atoms with Gasteiger partial charge < -0.3 is 10.1 Å². The summed E-state index contributed by atoms with van der Waals surface area (Å²) in [6.07, 6.45) is -0.124. The molecule has 0 aliphatic carbocycles. The number of nitrogens with one attached hydrogen (secondary N) is 2. The van der Waals surface area contributed by atoms with Crippen molar-refractivity contribution in [3.8, 4) is 0 Å². The van der Waals surface area contributed by atoms with Crippen molar-refractivity contribution in [2.45, 2.75) is 13.3 Å². The quantitative estimate of drug-likeness (QED) is 0.686. The van der Waals surface area contributed by atoms with E-state index in [9.17, 15) is 19.2 Å². The molecule has 156 valence electrons. The number of hydrogen-bond donors (Lipinski definition) is 2. The molecule has 0 aromatic heterocycles. The average molecular weight is 430 g/mol. The van der Waals surface area contributed by atoms with Gasteiger partial charge in [0.1, 0.15) is 0 Å². The minimum absolute atomic E-state index is 0.0482. The number of ether oxygens (including phenoxy) is 1. The Morgan fingerprint density at radius 3 is 2.53 bits per heavy atom. The number of benzene rings is 2. The van der Waals surface area contributed by atoms with Crippen molar-refractivity contribution in [2.75, 3.05) is 18.5 Å². The lowest BCUT2D eigenvalue weighted by molar-refractivity contribution is -0.151. The van der Waals surface area contributed by atoms with E-state index < -0.39 is 36.2 Å². The fourth-order valence-electron chi connectivity index (χ4n) is 2.89. The summed E-state index contributed by atoms with van der Waals surface area (Å²) >= 11 is 5.98. The van der Waals surface area contributed by atoms with Crippen molar-refractivity contribution in [1.29, 1.82) is 0 Å². The van der Waals surface area contributed by atoms with Gasteiger partial charge in [-0.3, -0.25) is 29.6 Å². The highest BCUT2D eigenvalue weighted by Crippen LogP contribution is 2.19. The van der Waals surface area contributed by atoms with Crippen LogP contribution in [0.15, 0.2) is 48.5 Å². The standard InChI is InChI=1S/C21H20ClN3O5/c1-13-6-8-15(9-7-13)23-18(26)12-30-21(29)14-10-19(27)25(11-14)24-20(28)16-4-2-3-5-17(16)22/h2-9,14H,10-12H2,1H3,(H,23,26)(H,24,28)/t14-/m0/s1. The Morgan fingerprint density at radius 2 is 1.83 bits per heavy atom. The summed E-state index contributed by atoms with van der Waals surface area (Å²) in [5.41, 5.74) is 4.30. The molecule has 9 heteroatoms. The number of carbonyl (C=O) groups excluding carboxylic acids is 4. The second-order valence-corrected chi connectivity index (χ2v) is 7.26. The molecule has 0 spiro atoms. The van der Waals surface area contributed by atoms with Gasteiger partial charge >= 0.3 is 5.97 Å². The highest BCUT2D eigenvalue weighted by atomic mass is 35.5. The maximum atomic E-state index is 12.3. The third kappa shape index (κ3) is 5.36. The molecule has 2 aromatic carbocycles. The van der Waals surface area contributed by atoms with Crippen LogP contribution in [0.3, 0.4) is 0 Å². The number of rotatable bonds is 6. The van der Waals surface area contributed by atoms with Crippen LogP contribution in [0.2, 0.25) is 5.02 Å². The molecule has 0 radical (unpaired) electrons. The summed E-state index contributed by atoms with van der Waals surface area (Å²) in [6.45, 7) is 1.41. The molecular weight excluding hydrogens is 410 g/mol. The molecule has 1 saturated heterocycles. The topological polar surface area (TPSA) is 105 Å². The molecule has 1 atom stereocenters. The lowest BCUT2D eigenvalue weighted by Crippen LogP contribution is -2.43. The number of anilines is 1. The van der Waals surface area contributed by atoms with Gasteiger partial charge in [-0.1, -0.05) is 41.4 Å². The SMILES string of the molecule is Cc1ccc(NC(=O)COC(=O)[C@H]2CC(=O)N(NC(=O)c3ccccc3Cl)C2)cc1. The summed E-state index contributed by atoms with van der Waals surface area (Å²) in [4.78, 5) is 48.6. The zero-order chi connectivity index (χ0) is 21.7. The predicted molar refractivity (Wildman–Crippen MR) is 110 cm³/mol. The van der Waals surface area contributed by atoms with E-state index in [1.807, 2.05) is 19.1 Å². The minimum Gasteiger partial charge on any atom is -0.455 e. The molecule has 0 unspecified atom stereocenters. The monoisotopic (exact) mass is 429 g/mol. The Morgan fingerprint density at radius 1 is 1.13 bits per heavy atom. The first-order chi connectivity index (χ1) is 14.3. The van der Waals surface area contributed by atoms with Crippen LogP contribution in [0.25, 0.3) is 0 Å². The van der Waals surface area contributed by atoms with Crippen molar-refractivity contribution in [2.24, 2.45) is 5.92 Å². The Hall–Kier alpha value is -3.39. The number of aryl methyl sites for hydroxylation is 1. The van der Waals surface area contributed by atoms with Gasteiger partial charge in [-0.05, 0) is 31.2 Å². The first-order valence-corrected chi connectivity index (χ1v) is 9.60. The van der Waals surface area contributed by atoms with Crippen molar-refractivity contribution in [1.82, 2.24) is 10.4 Å². The van der Waals surface area contributed by atoms with E-state index in [0.29, 0.717) is 5.69 Å². The second kappa shape index (κ2) is 9.41. The zero-order valence-electron chi connectivity index (χ0n) is 16.2. The molecule has 1 aliphatic rings. The summed E-state index contributed by atoms with van der Waals surface area (Å²) in [5, 5.41) is 3.93. The van der Waals surface area contributed by atoms with Crippen LogP contribution in [-0.2, 0) is 19.1 Å². The molecule has 0 saturated carbocycles. The van der Waals surface area contributed by atoms with Gasteiger partial charge in [-0.15, -0.1) is 0 Å². The predicted octanol–water partition coefficient (Wildman–Crippen LogP) is 2.32. The van der Waals surface area contributed by atoms with Crippen LogP contribution in [0.4, 0.5) is 5.69 Å². The zero-order valence-corrected chi connectivity index (χ0v) is 16.9. The maximum Gasteiger partial charge on any atom is 0.311 e. The molecule has 2 aromatic rings. The van der Waals surface area contributed by atoms with Crippen molar-refractivity contribution in [3.05, 3.63) is 64.7 Å². The molecule has 2 N–H and O–H groups in total. The number of hydrogen-bond acceptors (Lipinski definition) is 5. The van der Waals surface area contributed by atoms with Gasteiger partial charge in [0.2, 0.25) is 5.91 Å². The van der Waals surface area contributed by atoms with Crippen molar-refractivity contribution in [3.63, 3.8) is 0 Å². The highest BCUT2D eigenvalue weighted by Gasteiger charge is 2.36. The Labute approximate surface area is 178 Å². The van der Waals surface area contributed by atoms with E-state index >= 15 is 0 Å². The lowest BCUT2D eigenvalue weighted by atomic mass is 10.1. The number of nitrogens with zero attached hydrogens (tertiary/aromatic N) is 1. The molecule has 0 bridgehead atoms. The van der Waals surface area contributed by atoms with E-state index in [1.54, 1.807) is 30.3 Å². The van der Waals surface area contributed by atoms with E-state index in [2.05, 4.69) is 10.7 Å². The van der Waals surface area contributed by atoms with Crippen LogP contribution < -0.4 is 10.7 Å². The first-order valence-electron chi connectivity index (χ1n) is 9.22. The van der Waals surface area contributed by atoms with Crippen LogP contribution in [0, 0.1) is 12.8 Å². The molecule has 1 heterocycles. The van der Waals surface area contributed by atoms with Gasteiger partial charge in [-0.2, -0.15) is 0 Å². The molecule has 3 rings (SSSR count). The fraction of sp³-hybridized carbons (Fsp3) is 0.238. The average Bonchev–Trinajstić information content (AvgIpc) is 3.08. The molecule has 30 heavy (non-hydrogen) atoms. The minimum atomic E-state index is -0.781. The van der Waals surface area contributed by atoms with E-state index in [0.717, 1.165) is 10.6 Å². The summed E-state index contributed by atoms with van der Waals surface area (Å²) < 4.78 is 5.03. The van der Waals surface area contributed by atoms with E-state index in [4.69, 9.17) is 16.3 Å². The van der Waals surface area contributed by atoms with Crippen LogP contribution in [-0.4, -0.2) is 41.9 Å². The maximum absolute atomic E-state index is 12.3. The number of halogens is 1. The smallest absolute Gasteiger partial charge is 0.311 e. The summed E-state index contributed by atoms with van der Waals surface area (Å²) in [5.74, 6) is -2.93. The second-order valence-electron chi connectivity index (χ2n) is 6.85. The van der Waals surface area contributed by atoms with Gasteiger partial charge in [0.25, 0.3) is 11.8 Å². The summed E-state index contributed by atoms with van der Waals surface area (Å²) in [6, 6.07) is 13.6. The Bertz CT molecular complexity index is 977. The molecule has 1 aliphatic heterocycles. The lowest BCUT2D eigenvalue weighted by Gasteiger charge is -2.18. The Kier molecular flexibility index (Phi) is 6.68.